The van der Waals surface area contributed by atoms with Gasteiger partial charge in [-0.15, -0.1) is 0 Å². The summed E-state index contributed by atoms with van der Waals surface area (Å²) in [6.45, 7) is 0. The highest BCUT2D eigenvalue weighted by molar-refractivity contribution is 9.10. The first-order chi connectivity index (χ1) is 7.33. The Labute approximate surface area is 100.0 Å². The van der Waals surface area contributed by atoms with E-state index in [0.717, 1.165) is 0 Å². The van der Waals surface area contributed by atoms with Gasteiger partial charge in [-0.2, -0.15) is 13.2 Å². The van der Waals surface area contributed by atoms with Crippen molar-refractivity contribution >= 4 is 15.9 Å². The van der Waals surface area contributed by atoms with E-state index in [2.05, 4.69) is 15.9 Å². The zero-order valence-corrected chi connectivity index (χ0v) is 9.98. The van der Waals surface area contributed by atoms with Crippen LogP contribution < -0.4 is 5.73 Å². The molecule has 1 aromatic carbocycles. The fourth-order valence-electron chi connectivity index (χ4n) is 1.97. The predicted molar refractivity (Wildman–Crippen MR) is 59.1 cm³/mol. The Hall–Kier alpha value is -0.550. The summed E-state index contributed by atoms with van der Waals surface area (Å²) in [4.78, 5) is 0. The maximum atomic E-state index is 13.0. The third-order valence-corrected chi connectivity index (χ3v) is 3.40. The Balaban J connectivity index is 2.40. The molecule has 2 N–H and O–H groups in total. The Morgan fingerprint density at radius 2 is 1.94 bits per heavy atom. The quantitative estimate of drug-likeness (QED) is 0.886. The van der Waals surface area contributed by atoms with Gasteiger partial charge in [0.1, 0.15) is 0 Å². The molecule has 1 aliphatic carbocycles. The van der Waals surface area contributed by atoms with Crippen molar-refractivity contribution in [1.82, 2.24) is 0 Å². The van der Waals surface area contributed by atoms with Crippen molar-refractivity contribution in [2.24, 2.45) is 5.73 Å². The van der Waals surface area contributed by atoms with Gasteiger partial charge in [-0.05, 0) is 30.5 Å². The highest BCUT2D eigenvalue weighted by atomic mass is 79.9. The van der Waals surface area contributed by atoms with Crippen LogP contribution in [0.15, 0.2) is 28.7 Å². The molecule has 0 spiro atoms. The molecular weight excluding hydrogens is 283 g/mol. The van der Waals surface area contributed by atoms with Gasteiger partial charge in [0, 0.05) is 10.0 Å². The smallest absolute Gasteiger partial charge is 0.324 e. The van der Waals surface area contributed by atoms with Gasteiger partial charge >= 0.3 is 6.18 Å². The van der Waals surface area contributed by atoms with E-state index >= 15 is 0 Å². The van der Waals surface area contributed by atoms with E-state index in [0.29, 0.717) is 17.3 Å². The first-order valence-corrected chi connectivity index (χ1v) is 5.73. The monoisotopic (exact) mass is 293 g/mol. The molecule has 0 aliphatic heterocycles. The van der Waals surface area contributed by atoms with Gasteiger partial charge in [-0.3, -0.25) is 0 Å². The summed E-state index contributed by atoms with van der Waals surface area (Å²) in [5, 5.41) is 0. The summed E-state index contributed by atoms with van der Waals surface area (Å²) >= 11 is 3.18. The van der Waals surface area contributed by atoms with Crippen molar-refractivity contribution in [3.63, 3.8) is 0 Å². The summed E-state index contributed by atoms with van der Waals surface area (Å²) in [5.74, 6) is -1.56. The van der Waals surface area contributed by atoms with Gasteiger partial charge in [0.25, 0.3) is 0 Å². The number of rotatable bonds is 2. The van der Waals surface area contributed by atoms with Crippen LogP contribution in [0.3, 0.4) is 0 Å². The molecule has 0 bridgehead atoms. The zero-order chi connectivity index (χ0) is 12.0. The molecule has 1 aliphatic rings. The van der Waals surface area contributed by atoms with E-state index in [1.807, 2.05) is 0 Å². The second kappa shape index (κ2) is 3.74. The van der Waals surface area contributed by atoms with Crippen molar-refractivity contribution in [1.29, 1.82) is 0 Å². The Bertz CT molecular complexity index is 393. The lowest BCUT2D eigenvalue weighted by atomic mass is 9.89. The summed E-state index contributed by atoms with van der Waals surface area (Å²) in [6, 6.07) is 6.28. The molecule has 1 fully saturated rings. The van der Waals surface area contributed by atoms with Gasteiger partial charge in [-0.25, -0.2) is 0 Å². The first kappa shape index (κ1) is 11.9. The molecule has 1 aromatic rings. The van der Waals surface area contributed by atoms with E-state index in [-0.39, 0.29) is 5.56 Å². The van der Waals surface area contributed by atoms with Gasteiger partial charge in [0.05, 0.1) is 5.92 Å². The number of alkyl halides is 3. The van der Waals surface area contributed by atoms with Crippen LogP contribution in [0, 0.1) is 0 Å². The molecule has 16 heavy (non-hydrogen) atoms. The fourth-order valence-corrected chi connectivity index (χ4v) is 2.38. The van der Waals surface area contributed by atoms with Crippen molar-refractivity contribution in [3.05, 3.63) is 34.3 Å². The van der Waals surface area contributed by atoms with E-state index in [4.69, 9.17) is 5.73 Å². The second-order valence-electron chi connectivity index (χ2n) is 4.26. The van der Waals surface area contributed by atoms with Crippen LogP contribution in [0.2, 0.25) is 0 Å². The standard InChI is InChI=1S/C11H11BrF3N/c12-8-3-1-2-7(6-8)9(11(13,14)15)10(16)4-5-10/h1-3,6,9H,4-5,16H2. The molecule has 0 aromatic heterocycles. The lowest BCUT2D eigenvalue weighted by Gasteiger charge is -2.26. The molecule has 0 radical (unpaired) electrons. The summed E-state index contributed by atoms with van der Waals surface area (Å²) in [6.07, 6.45) is -3.42. The molecule has 1 saturated carbocycles. The molecule has 0 amide bonds. The number of hydrogen-bond acceptors (Lipinski definition) is 1. The Morgan fingerprint density at radius 1 is 1.31 bits per heavy atom. The molecular formula is C11H11BrF3N. The van der Waals surface area contributed by atoms with Crippen molar-refractivity contribution in [2.75, 3.05) is 0 Å². The summed E-state index contributed by atoms with van der Waals surface area (Å²) in [5.41, 5.74) is 4.86. The average molecular weight is 294 g/mol. The molecule has 88 valence electrons. The lowest BCUT2D eigenvalue weighted by molar-refractivity contribution is -0.157. The largest absolute Gasteiger partial charge is 0.397 e. The summed E-state index contributed by atoms with van der Waals surface area (Å²) in [7, 11) is 0. The third kappa shape index (κ3) is 2.25. The van der Waals surface area contributed by atoms with Crippen LogP contribution in [0.4, 0.5) is 13.2 Å². The highest BCUT2D eigenvalue weighted by Crippen LogP contribution is 2.52. The zero-order valence-electron chi connectivity index (χ0n) is 8.39. The number of halogens is 4. The topological polar surface area (TPSA) is 26.0 Å². The van der Waals surface area contributed by atoms with Crippen molar-refractivity contribution in [3.8, 4) is 0 Å². The minimum atomic E-state index is -4.29. The van der Waals surface area contributed by atoms with Gasteiger partial charge < -0.3 is 5.73 Å². The molecule has 5 heteroatoms. The maximum Gasteiger partial charge on any atom is 0.397 e. The van der Waals surface area contributed by atoms with E-state index in [9.17, 15) is 13.2 Å². The van der Waals surface area contributed by atoms with Crippen molar-refractivity contribution in [2.45, 2.75) is 30.5 Å². The molecule has 0 saturated heterocycles. The van der Waals surface area contributed by atoms with Gasteiger partial charge in [0.2, 0.25) is 0 Å². The van der Waals surface area contributed by atoms with Crippen LogP contribution in [-0.4, -0.2) is 11.7 Å². The molecule has 1 atom stereocenters. The molecule has 0 heterocycles. The first-order valence-electron chi connectivity index (χ1n) is 4.94. The van der Waals surface area contributed by atoms with E-state index in [1.54, 1.807) is 12.1 Å². The number of nitrogens with two attached hydrogens (primary N) is 1. The highest BCUT2D eigenvalue weighted by Gasteiger charge is 2.58. The average Bonchev–Trinajstić information content (AvgIpc) is 2.81. The maximum absolute atomic E-state index is 13.0. The Morgan fingerprint density at radius 3 is 2.38 bits per heavy atom. The SMILES string of the molecule is NC1(C(c2cccc(Br)c2)C(F)(F)F)CC1. The lowest BCUT2D eigenvalue weighted by Crippen LogP contribution is -2.40. The molecule has 2 rings (SSSR count). The second-order valence-corrected chi connectivity index (χ2v) is 5.18. The van der Waals surface area contributed by atoms with Crippen LogP contribution in [0.1, 0.15) is 24.3 Å². The van der Waals surface area contributed by atoms with Crippen LogP contribution in [-0.2, 0) is 0 Å². The predicted octanol–water partition coefficient (Wildman–Crippen LogP) is 3.59. The van der Waals surface area contributed by atoms with Crippen LogP contribution in [0.25, 0.3) is 0 Å². The third-order valence-electron chi connectivity index (χ3n) is 2.91. The molecule has 1 nitrogen and oxygen atoms in total. The van der Waals surface area contributed by atoms with Gasteiger partial charge in [0.15, 0.2) is 0 Å². The fraction of sp³-hybridized carbons (Fsp3) is 0.455. The summed E-state index contributed by atoms with van der Waals surface area (Å²) < 4.78 is 39.6. The number of hydrogen-bond donors (Lipinski definition) is 1. The minimum Gasteiger partial charge on any atom is -0.324 e. The van der Waals surface area contributed by atoms with Crippen LogP contribution >= 0.6 is 15.9 Å². The van der Waals surface area contributed by atoms with Crippen LogP contribution in [0.5, 0.6) is 0 Å². The normalized spacial score (nSPS) is 20.6. The van der Waals surface area contributed by atoms with Gasteiger partial charge in [-0.1, -0.05) is 28.1 Å². The molecule has 1 unspecified atom stereocenters. The Kier molecular flexibility index (Phi) is 2.78. The minimum absolute atomic E-state index is 0.238. The number of benzene rings is 1. The van der Waals surface area contributed by atoms with E-state index < -0.39 is 17.6 Å². The van der Waals surface area contributed by atoms with E-state index in [1.165, 1.54) is 12.1 Å². The van der Waals surface area contributed by atoms with Crippen molar-refractivity contribution < 1.29 is 13.2 Å².